The molecule has 2 aromatic rings. The third kappa shape index (κ3) is 2.45. The average molecular weight is 256 g/mol. The van der Waals surface area contributed by atoms with Crippen LogP contribution >= 0.6 is 22.9 Å². The normalized spacial score (nSPS) is 12.9. The zero-order valence-electron chi connectivity index (χ0n) is 9.03. The summed E-state index contributed by atoms with van der Waals surface area (Å²) < 4.78 is 0. The summed E-state index contributed by atoms with van der Waals surface area (Å²) in [4.78, 5) is 8.55. The van der Waals surface area contributed by atoms with Crippen molar-refractivity contribution in [2.45, 2.75) is 19.4 Å². The second-order valence-corrected chi connectivity index (χ2v) is 4.85. The Morgan fingerprint density at radius 2 is 2.50 bits per heavy atom. The van der Waals surface area contributed by atoms with Gasteiger partial charge in [0.05, 0.1) is 5.02 Å². The number of H-pyrrole nitrogens is 1. The van der Waals surface area contributed by atoms with Crippen molar-refractivity contribution in [2.24, 2.45) is 0 Å². The van der Waals surface area contributed by atoms with Crippen molar-refractivity contribution < 1.29 is 0 Å². The summed E-state index contributed by atoms with van der Waals surface area (Å²) >= 11 is 7.81. The lowest BCUT2D eigenvalue weighted by atomic mass is 10.2. The molecule has 0 aliphatic rings. The van der Waals surface area contributed by atoms with E-state index in [2.05, 4.69) is 22.2 Å². The SMILES string of the molecule is CCCNC(c1ncc[nH]1)c1sccc1Cl. The van der Waals surface area contributed by atoms with Crippen LogP contribution in [0.5, 0.6) is 0 Å². The molecule has 0 amide bonds. The minimum absolute atomic E-state index is 0.0717. The van der Waals surface area contributed by atoms with E-state index in [4.69, 9.17) is 11.6 Å². The maximum Gasteiger partial charge on any atom is 0.128 e. The molecule has 0 spiro atoms. The second-order valence-electron chi connectivity index (χ2n) is 3.49. The van der Waals surface area contributed by atoms with E-state index >= 15 is 0 Å². The van der Waals surface area contributed by atoms with Gasteiger partial charge in [-0.3, -0.25) is 0 Å². The van der Waals surface area contributed by atoms with Gasteiger partial charge in [-0.05, 0) is 24.4 Å². The van der Waals surface area contributed by atoms with Gasteiger partial charge in [-0.25, -0.2) is 4.98 Å². The van der Waals surface area contributed by atoms with E-state index in [0.29, 0.717) is 0 Å². The van der Waals surface area contributed by atoms with Crippen molar-refractivity contribution in [3.8, 4) is 0 Å². The predicted octanol–water partition coefficient (Wildman–Crippen LogP) is 3.21. The number of aromatic amines is 1. The molecule has 86 valence electrons. The largest absolute Gasteiger partial charge is 0.347 e. The third-order valence-corrected chi connectivity index (χ3v) is 3.72. The highest BCUT2D eigenvalue weighted by molar-refractivity contribution is 7.10. The molecule has 1 unspecified atom stereocenters. The van der Waals surface area contributed by atoms with Crippen LogP contribution in [-0.2, 0) is 0 Å². The Morgan fingerprint density at radius 1 is 1.62 bits per heavy atom. The summed E-state index contributed by atoms with van der Waals surface area (Å²) in [6.45, 7) is 3.09. The van der Waals surface area contributed by atoms with Crippen LogP contribution in [0, 0.1) is 0 Å². The first-order valence-corrected chi connectivity index (χ1v) is 6.54. The topological polar surface area (TPSA) is 40.7 Å². The van der Waals surface area contributed by atoms with Crippen LogP contribution in [0.3, 0.4) is 0 Å². The van der Waals surface area contributed by atoms with Crippen LogP contribution in [-0.4, -0.2) is 16.5 Å². The van der Waals surface area contributed by atoms with Crippen molar-refractivity contribution in [3.05, 3.63) is 39.6 Å². The Kier molecular flexibility index (Phi) is 3.98. The Morgan fingerprint density at radius 3 is 3.06 bits per heavy atom. The first kappa shape index (κ1) is 11.6. The molecule has 2 N–H and O–H groups in total. The highest BCUT2D eigenvalue weighted by Crippen LogP contribution is 2.31. The summed E-state index contributed by atoms with van der Waals surface area (Å²) in [6, 6.07) is 1.99. The minimum Gasteiger partial charge on any atom is -0.347 e. The van der Waals surface area contributed by atoms with Gasteiger partial charge in [-0.1, -0.05) is 18.5 Å². The van der Waals surface area contributed by atoms with Gasteiger partial charge in [0.1, 0.15) is 11.9 Å². The van der Waals surface area contributed by atoms with E-state index < -0.39 is 0 Å². The third-order valence-electron chi connectivity index (χ3n) is 2.30. The van der Waals surface area contributed by atoms with E-state index in [0.717, 1.165) is 28.7 Å². The summed E-state index contributed by atoms with van der Waals surface area (Å²) in [5, 5.41) is 6.25. The summed E-state index contributed by atoms with van der Waals surface area (Å²) in [7, 11) is 0. The van der Waals surface area contributed by atoms with Crippen molar-refractivity contribution in [1.82, 2.24) is 15.3 Å². The number of thiophene rings is 1. The minimum atomic E-state index is 0.0717. The monoisotopic (exact) mass is 255 g/mol. The number of nitrogens with zero attached hydrogens (tertiary/aromatic N) is 1. The van der Waals surface area contributed by atoms with Gasteiger partial charge in [-0.15, -0.1) is 11.3 Å². The smallest absolute Gasteiger partial charge is 0.128 e. The van der Waals surface area contributed by atoms with Gasteiger partial charge < -0.3 is 10.3 Å². The van der Waals surface area contributed by atoms with Crippen LogP contribution < -0.4 is 5.32 Å². The first-order valence-electron chi connectivity index (χ1n) is 5.28. The van der Waals surface area contributed by atoms with Gasteiger partial charge in [-0.2, -0.15) is 0 Å². The van der Waals surface area contributed by atoms with Crippen molar-refractivity contribution in [1.29, 1.82) is 0 Å². The van der Waals surface area contributed by atoms with Gasteiger partial charge in [0, 0.05) is 17.3 Å². The van der Waals surface area contributed by atoms with Gasteiger partial charge in [0.25, 0.3) is 0 Å². The number of hydrogen-bond acceptors (Lipinski definition) is 3. The second kappa shape index (κ2) is 5.48. The fourth-order valence-corrected chi connectivity index (χ4v) is 2.79. The Labute approximate surface area is 104 Å². The van der Waals surface area contributed by atoms with E-state index in [-0.39, 0.29) is 6.04 Å². The molecule has 2 heterocycles. The quantitative estimate of drug-likeness (QED) is 0.861. The number of imidazole rings is 1. The molecule has 2 aromatic heterocycles. The molecule has 2 rings (SSSR count). The van der Waals surface area contributed by atoms with E-state index in [9.17, 15) is 0 Å². The summed E-state index contributed by atoms with van der Waals surface area (Å²) in [6.07, 6.45) is 4.68. The van der Waals surface area contributed by atoms with Crippen molar-refractivity contribution >= 4 is 22.9 Å². The molecular weight excluding hydrogens is 242 g/mol. The molecule has 0 saturated heterocycles. The fourth-order valence-electron chi connectivity index (χ4n) is 1.55. The van der Waals surface area contributed by atoms with E-state index in [1.807, 2.05) is 17.6 Å². The Balaban J connectivity index is 2.25. The molecule has 1 atom stereocenters. The first-order chi connectivity index (χ1) is 7.83. The van der Waals surface area contributed by atoms with Crippen LogP contribution in [0.2, 0.25) is 5.02 Å². The molecule has 0 aliphatic carbocycles. The highest BCUT2D eigenvalue weighted by atomic mass is 35.5. The molecule has 0 saturated carbocycles. The van der Waals surface area contributed by atoms with Crippen LogP contribution in [0.1, 0.15) is 30.1 Å². The van der Waals surface area contributed by atoms with Crippen LogP contribution in [0.15, 0.2) is 23.8 Å². The molecule has 0 aliphatic heterocycles. The lowest BCUT2D eigenvalue weighted by molar-refractivity contribution is 0.584. The summed E-state index contributed by atoms with van der Waals surface area (Å²) in [5.41, 5.74) is 0. The Bertz CT molecular complexity index is 424. The fraction of sp³-hybridized carbons (Fsp3) is 0.364. The lowest BCUT2D eigenvalue weighted by Crippen LogP contribution is -2.23. The van der Waals surface area contributed by atoms with Gasteiger partial charge in [0.15, 0.2) is 0 Å². The molecule has 5 heteroatoms. The highest BCUT2D eigenvalue weighted by Gasteiger charge is 2.19. The number of halogens is 1. The van der Waals surface area contributed by atoms with Crippen LogP contribution in [0.25, 0.3) is 0 Å². The number of hydrogen-bond donors (Lipinski definition) is 2. The summed E-state index contributed by atoms with van der Waals surface area (Å²) in [5.74, 6) is 0.915. The number of aromatic nitrogens is 2. The number of nitrogens with one attached hydrogen (secondary N) is 2. The number of rotatable bonds is 5. The Hall–Kier alpha value is -0.840. The maximum absolute atomic E-state index is 6.16. The standard InChI is InChI=1S/C11H14ClN3S/c1-2-4-13-9(11-14-5-6-15-11)10-8(12)3-7-16-10/h3,5-7,9,13H,2,4H2,1H3,(H,14,15). The van der Waals surface area contributed by atoms with Gasteiger partial charge >= 0.3 is 0 Å². The molecule has 3 nitrogen and oxygen atoms in total. The van der Waals surface area contributed by atoms with Crippen molar-refractivity contribution in [3.63, 3.8) is 0 Å². The lowest BCUT2D eigenvalue weighted by Gasteiger charge is -2.15. The van der Waals surface area contributed by atoms with Crippen LogP contribution in [0.4, 0.5) is 0 Å². The van der Waals surface area contributed by atoms with Crippen molar-refractivity contribution in [2.75, 3.05) is 6.54 Å². The molecule has 0 fully saturated rings. The zero-order chi connectivity index (χ0) is 11.4. The molecule has 0 radical (unpaired) electrons. The molecule has 0 aromatic carbocycles. The van der Waals surface area contributed by atoms with E-state index in [1.54, 1.807) is 17.5 Å². The van der Waals surface area contributed by atoms with Gasteiger partial charge in [0.2, 0.25) is 0 Å². The predicted molar refractivity (Wildman–Crippen MR) is 68.1 cm³/mol. The molecule has 0 bridgehead atoms. The molecular formula is C11H14ClN3S. The zero-order valence-corrected chi connectivity index (χ0v) is 10.6. The molecule has 16 heavy (non-hydrogen) atoms. The maximum atomic E-state index is 6.16. The van der Waals surface area contributed by atoms with E-state index in [1.165, 1.54) is 0 Å². The average Bonchev–Trinajstić information content (AvgIpc) is 2.91.